The highest BCUT2D eigenvalue weighted by Gasteiger charge is 2.17. The molecule has 0 radical (unpaired) electrons. The first kappa shape index (κ1) is 16.5. The third kappa shape index (κ3) is 3.66. The van der Waals surface area contributed by atoms with Crippen molar-refractivity contribution < 1.29 is 14.3 Å². The Hall–Kier alpha value is -2.89. The van der Waals surface area contributed by atoms with Crippen molar-refractivity contribution in [3.05, 3.63) is 53.2 Å². The minimum Gasteiger partial charge on any atom is -0.481 e. The molecule has 0 spiro atoms. The van der Waals surface area contributed by atoms with E-state index in [0.29, 0.717) is 5.56 Å². The highest BCUT2D eigenvalue weighted by Crippen LogP contribution is 2.22. The molecule has 0 atom stereocenters. The Kier molecular flexibility index (Phi) is 4.95. The predicted molar refractivity (Wildman–Crippen MR) is 87.8 cm³/mol. The van der Waals surface area contributed by atoms with Crippen LogP contribution < -0.4 is 15.8 Å². The number of rotatable bonds is 5. The van der Waals surface area contributed by atoms with E-state index >= 15 is 0 Å². The molecule has 6 heteroatoms. The molecule has 1 heterocycles. The highest BCUT2D eigenvalue weighted by atomic mass is 16.5. The molecular formula is C17H19N3O3. The van der Waals surface area contributed by atoms with Crippen LogP contribution in [-0.2, 0) is 0 Å². The maximum Gasteiger partial charge on any atom is 0.269 e. The SMILES string of the molecule is COc1ccc(NC(=O)c2ccccc2C(C)C)c(C(N)=O)n1. The third-order valence-electron chi connectivity index (χ3n) is 3.39. The number of primary amides is 1. The van der Waals surface area contributed by atoms with Crippen molar-refractivity contribution in [2.24, 2.45) is 5.73 Å². The molecule has 0 bridgehead atoms. The number of pyridine rings is 1. The van der Waals surface area contributed by atoms with Crippen molar-refractivity contribution in [2.75, 3.05) is 12.4 Å². The topological polar surface area (TPSA) is 94.3 Å². The number of nitrogens with one attached hydrogen (secondary N) is 1. The Bertz CT molecular complexity index is 742. The van der Waals surface area contributed by atoms with Gasteiger partial charge in [0.25, 0.3) is 11.8 Å². The molecule has 0 saturated carbocycles. The number of benzene rings is 1. The summed E-state index contributed by atoms with van der Waals surface area (Å²) in [5, 5.41) is 2.70. The second-order valence-corrected chi connectivity index (χ2v) is 5.31. The average molecular weight is 313 g/mol. The summed E-state index contributed by atoms with van der Waals surface area (Å²) in [6, 6.07) is 10.4. The summed E-state index contributed by atoms with van der Waals surface area (Å²) >= 11 is 0. The van der Waals surface area contributed by atoms with Crippen LogP contribution in [0.25, 0.3) is 0 Å². The summed E-state index contributed by atoms with van der Waals surface area (Å²) in [5.74, 6) is -0.610. The Morgan fingerprint density at radius 2 is 1.87 bits per heavy atom. The van der Waals surface area contributed by atoms with Crippen molar-refractivity contribution in [1.29, 1.82) is 0 Å². The van der Waals surface area contributed by atoms with Gasteiger partial charge in [0.2, 0.25) is 5.88 Å². The van der Waals surface area contributed by atoms with E-state index in [1.807, 2.05) is 26.0 Å². The number of amides is 2. The van der Waals surface area contributed by atoms with Gasteiger partial charge in [-0.25, -0.2) is 4.98 Å². The summed E-state index contributed by atoms with van der Waals surface area (Å²) in [4.78, 5) is 28.1. The van der Waals surface area contributed by atoms with Crippen molar-refractivity contribution in [3.8, 4) is 5.88 Å². The van der Waals surface area contributed by atoms with E-state index in [9.17, 15) is 9.59 Å². The van der Waals surface area contributed by atoms with E-state index in [0.717, 1.165) is 5.56 Å². The van der Waals surface area contributed by atoms with Crippen LogP contribution in [0.5, 0.6) is 5.88 Å². The van der Waals surface area contributed by atoms with E-state index in [-0.39, 0.29) is 29.1 Å². The lowest BCUT2D eigenvalue weighted by Crippen LogP contribution is -2.20. The maximum atomic E-state index is 12.5. The number of anilines is 1. The Morgan fingerprint density at radius 1 is 1.17 bits per heavy atom. The molecule has 2 amide bonds. The Morgan fingerprint density at radius 3 is 2.48 bits per heavy atom. The van der Waals surface area contributed by atoms with Crippen LogP contribution in [0.15, 0.2) is 36.4 Å². The van der Waals surface area contributed by atoms with Crippen LogP contribution in [0, 0.1) is 0 Å². The van der Waals surface area contributed by atoms with Gasteiger partial charge in [-0.15, -0.1) is 0 Å². The number of aromatic nitrogens is 1. The van der Waals surface area contributed by atoms with Gasteiger partial charge in [-0.2, -0.15) is 0 Å². The molecule has 0 unspecified atom stereocenters. The zero-order chi connectivity index (χ0) is 17.0. The first-order chi connectivity index (χ1) is 10.9. The zero-order valence-corrected chi connectivity index (χ0v) is 13.3. The number of ether oxygens (including phenoxy) is 1. The van der Waals surface area contributed by atoms with Gasteiger partial charge in [0.05, 0.1) is 12.8 Å². The fourth-order valence-electron chi connectivity index (χ4n) is 2.24. The highest BCUT2D eigenvalue weighted by molar-refractivity contribution is 6.08. The normalized spacial score (nSPS) is 10.4. The molecule has 120 valence electrons. The lowest BCUT2D eigenvalue weighted by atomic mass is 9.97. The van der Waals surface area contributed by atoms with Gasteiger partial charge in [-0.3, -0.25) is 9.59 Å². The predicted octanol–water partition coefficient (Wildman–Crippen LogP) is 2.56. The minimum absolute atomic E-state index is 0.0419. The molecule has 0 aliphatic rings. The number of carbonyl (C=O) groups excluding carboxylic acids is 2. The van der Waals surface area contributed by atoms with Crippen LogP contribution in [0.1, 0.15) is 46.2 Å². The minimum atomic E-state index is -0.739. The molecule has 0 aliphatic heterocycles. The lowest BCUT2D eigenvalue weighted by molar-refractivity contribution is 0.0995. The molecule has 2 rings (SSSR count). The summed E-state index contributed by atoms with van der Waals surface area (Å²) in [7, 11) is 1.43. The first-order valence-corrected chi connectivity index (χ1v) is 7.19. The fraction of sp³-hybridized carbons (Fsp3) is 0.235. The van der Waals surface area contributed by atoms with E-state index in [1.165, 1.54) is 7.11 Å². The van der Waals surface area contributed by atoms with Crippen LogP contribution in [0.2, 0.25) is 0 Å². The molecule has 1 aromatic heterocycles. The van der Waals surface area contributed by atoms with E-state index in [4.69, 9.17) is 10.5 Å². The second kappa shape index (κ2) is 6.91. The quantitative estimate of drug-likeness (QED) is 0.887. The molecule has 0 aliphatic carbocycles. The fourth-order valence-corrected chi connectivity index (χ4v) is 2.24. The monoisotopic (exact) mass is 313 g/mol. The molecule has 2 aromatic rings. The Balaban J connectivity index is 2.36. The number of hydrogen-bond donors (Lipinski definition) is 2. The summed E-state index contributed by atoms with van der Waals surface area (Å²) in [5.41, 5.74) is 7.01. The molecule has 0 saturated heterocycles. The number of carbonyl (C=O) groups is 2. The molecular weight excluding hydrogens is 294 g/mol. The smallest absolute Gasteiger partial charge is 0.269 e. The zero-order valence-electron chi connectivity index (χ0n) is 13.3. The number of hydrogen-bond acceptors (Lipinski definition) is 4. The lowest BCUT2D eigenvalue weighted by Gasteiger charge is -2.14. The van der Waals surface area contributed by atoms with Crippen LogP contribution in [0.4, 0.5) is 5.69 Å². The van der Waals surface area contributed by atoms with Crippen LogP contribution >= 0.6 is 0 Å². The molecule has 1 aromatic carbocycles. The Labute approximate surface area is 134 Å². The van der Waals surface area contributed by atoms with E-state index in [1.54, 1.807) is 24.3 Å². The van der Waals surface area contributed by atoms with Crippen LogP contribution in [-0.4, -0.2) is 23.9 Å². The standard InChI is InChI=1S/C17H19N3O3/c1-10(2)11-6-4-5-7-12(11)17(22)19-13-8-9-14(23-3)20-15(13)16(18)21/h4-10H,1-3H3,(H2,18,21)(H,19,22). The van der Waals surface area contributed by atoms with Gasteiger partial charge < -0.3 is 15.8 Å². The number of nitrogens with two attached hydrogens (primary N) is 1. The molecule has 0 fully saturated rings. The van der Waals surface area contributed by atoms with Gasteiger partial charge in [0.15, 0.2) is 5.69 Å². The van der Waals surface area contributed by atoms with E-state index < -0.39 is 5.91 Å². The maximum absolute atomic E-state index is 12.5. The van der Waals surface area contributed by atoms with Crippen LogP contribution in [0.3, 0.4) is 0 Å². The number of methoxy groups -OCH3 is 1. The van der Waals surface area contributed by atoms with Crippen molar-refractivity contribution in [3.63, 3.8) is 0 Å². The number of nitrogens with zero attached hydrogens (tertiary/aromatic N) is 1. The first-order valence-electron chi connectivity index (χ1n) is 7.19. The van der Waals surface area contributed by atoms with Crippen molar-refractivity contribution >= 4 is 17.5 Å². The third-order valence-corrected chi connectivity index (χ3v) is 3.39. The van der Waals surface area contributed by atoms with Gasteiger partial charge in [0.1, 0.15) is 0 Å². The van der Waals surface area contributed by atoms with Gasteiger partial charge >= 0.3 is 0 Å². The van der Waals surface area contributed by atoms with Gasteiger partial charge in [0, 0.05) is 11.6 Å². The molecule has 23 heavy (non-hydrogen) atoms. The molecule has 3 N–H and O–H groups in total. The largest absolute Gasteiger partial charge is 0.481 e. The van der Waals surface area contributed by atoms with Crippen molar-refractivity contribution in [2.45, 2.75) is 19.8 Å². The van der Waals surface area contributed by atoms with Gasteiger partial charge in [-0.05, 0) is 23.6 Å². The van der Waals surface area contributed by atoms with E-state index in [2.05, 4.69) is 10.3 Å². The summed E-state index contributed by atoms with van der Waals surface area (Å²) < 4.78 is 4.97. The summed E-state index contributed by atoms with van der Waals surface area (Å²) in [6.07, 6.45) is 0. The molecule has 6 nitrogen and oxygen atoms in total. The summed E-state index contributed by atoms with van der Waals surface area (Å²) in [6.45, 7) is 4.02. The average Bonchev–Trinajstić information content (AvgIpc) is 2.54. The second-order valence-electron chi connectivity index (χ2n) is 5.31. The van der Waals surface area contributed by atoms with Crippen molar-refractivity contribution in [1.82, 2.24) is 4.98 Å². The van der Waals surface area contributed by atoms with Gasteiger partial charge in [-0.1, -0.05) is 32.0 Å².